The van der Waals surface area contributed by atoms with Gasteiger partial charge in [-0.15, -0.1) is 11.3 Å². The molecule has 2 aromatic carbocycles. The van der Waals surface area contributed by atoms with Crippen molar-refractivity contribution in [2.75, 3.05) is 13.1 Å². The standard InChI is InChI=1S/C25H22FN3O3S/c1-15-28-22(23(33-15)19-5-2-3-7-20(19)26)25(31)29(16-9-10-16)13-12-27-24(30)18-6-4-8-21-17(18)11-14-32-21/h2-8,11,14,16H,9-10,12-13H2,1H3,(H,27,30). The minimum absolute atomic E-state index is 0.113. The van der Waals surface area contributed by atoms with Crippen molar-refractivity contribution in [3.8, 4) is 10.4 Å². The zero-order chi connectivity index (χ0) is 22.9. The first-order chi connectivity index (χ1) is 16.0. The van der Waals surface area contributed by atoms with Crippen LogP contribution in [0.4, 0.5) is 4.39 Å². The van der Waals surface area contributed by atoms with Gasteiger partial charge in [0.2, 0.25) is 0 Å². The Labute approximate surface area is 194 Å². The van der Waals surface area contributed by atoms with Crippen LogP contribution in [-0.4, -0.2) is 40.8 Å². The Morgan fingerprint density at radius 3 is 2.79 bits per heavy atom. The lowest BCUT2D eigenvalue weighted by Gasteiger charge is -2.22. The summed E-state index contributed by atoms with van der Waals surface area (Å²) in [6.45, 7) is 2.46. The molecule has 0 saturated heterocycles. The van der Waals surface area contributed by atoms with Crippen molar-refractivity contribution < 1.29 is 18.4 Å². The van der Waals surface area contributed by atoms with E-state index in [-0.39, 0.29) is 29.4 Å². The third-order valence-electron chi connectivity index (χ3n) is 5.68. The second kappa shape index (κ2) is 8.78. The minimum atomic E-state index is -0.381. The van der Waals surface area contributed by atoms with Gasteiger partial charge in [0.15, 0.2) is 0 Å². The number of rotatable bonds is 7. The van der Waals surface area contributed by atoms with E-state index < -0.39 is 0 Å². The molecule has 2 heterocycles. The molecule has 0 bridgehead atoms. The second-order valence-electron chi connectivity index (χ2n) is 8.01. The summed E-state index contributed by atoms with van der Waals surface area (Å²) in [6, 6.07) is 13.6. The SMILES string of the molecule is Cc1nc(C(=O)N(CCNC(=O)c2cccc3occc23)C2CC2)c(-c2ccccc2F)s1. The molecule has 0 aliphatic heterocycles. The molecule has 168 valence electrons. The highest BCUT2D eigenvalue weighted by Crippen LogP contribution is 2.35. The first-order valence-electron chi connectivity index (χ1n) is 10.8. The Balaban J connectivity index is 1.32. The zero-order valence-electron chi connectivity index (χ0n) is 18.0. The number of thiazole rings is 1. The monoisotopic (exact) mass is 463 g/mol. The van der Waals surface area contributed by atoms with E-state index in [1.54, 1.807) is 47.6 Å². The maximum absolute atomic E-state index is 14.4. The molecule has 8 heteroatoms. The Bertz CT molecular complexity index is 1340. The lowest BCUT2D eigenvalue weighted by Crippen LogP contribution is -2.40. The average Bonchev–Trinajstić information content (AvgIpc) is 3.39. The van der Waals surface area contributed by atoms with Crippen molar-refractivity contribution in [1.29, 1.82) is 0 Å². The van der Waals surface area contributed by atoms with Gasteiger partial charge in [0.1, 0.15) is 17.1 Å². The van der Waals surface area contributed by atoms with Gasteiger partial charge >= 0.3 is 0 Å². The van der Waals surface area contributed by atoms with Gasteiger partial charge in [-0.3, -0.25) is 9.59 Å². The number of aromatic nitrogens is 1. The molecule has 1 saturated carbocycles. The van der Waals surface area contributed by atoms with Crippen LogP contribution in [0.2, 0.25) is 0 Å². The van der Waals surface area contributed by atoms with Crippen LogP contribution >= 0.6 is 11.3 Å². The summed E-state index contributed by atoms with van der Waals surface area (Å²) in [7, 11) is 0. The fourth-order valence-corrected chi connectivity index (χ4v) is 4.89. The molecule has 2 aromatic heterocycles. The van der Waals surface area contributed by atoms with Crippen molar-refractivity contribution in [2.24, 2.45) is 0 Å². The first-order valence-corrected chi connectivity index (χ1v) is 11.6. The fraction of sp³-hybridized carbons (Fsp3) is 0.240. The number of furan rings is 1. The minimum Gasteiger partial charge on any atom is -0.464 e. The number of fused-ring (bicyclic) bond motifs is 1. The first kappa shape index (κ1) is 21.3. The lowest BCUT2D eigenvalue weighted by atomic mass is 10.1. The van der Waals surface area contributed by atoms with Crippen molar-refractivity contribution in [1.82, 2.24) is 15.2 Å². The number of carbonyl (C=O) groups excluding carboxylic acids is 2. The number of hydrogen-bond acceptors (Lipinski definition) is 5. The zero-order valence-corrected chi connectivity index (χ0v) is 18.8. The van der Waals surface area contributed by atoms with Crippen LogP contribution in [0.25, 0.3) is 21.4 Å². The van der Waals surface area contributed by atoms with Crippen molar-refractivity contribution in [3.63, 3.8) is 0 Å². The van der Waals surface area contributed by atoms with Crippen LogP contribution < -0.4 is 5.32 Å². The van der Waals surface area contributed by atoms with Crippen LogP contribution in [0.15, 0.2) is 59.2 Å². The summed E-state index contributed by atoms with van der Waals surface area (Å²) < 4.78 is 19.8. The molecule has 1 aliphatic rings. The lowest BCUT2D eigenvalue weighted by molar-refractivity contribution is 0.0732. The molecule has 4 aromatic rings. The smallest absolute Gasteiger partial charge is 0.274 e. The summed E-state index contributed by atoms with van der Waals surface area (Å²) in [5.41, 5.74) is 1.83. The van der Waals surface area contributed by atoms with E-state index in [2.05, 4.69) is 10.3 Å². The Kier molecular flexibility index (Phi) is 5.68. The Morgan fingerprint density at radius 1 is 1.18 bits per heavy atom. The predicted molar refractivity (Wildman–Crippen MR) is 125 cm³/mol. The molecule has 0 atom stereocenters. The van der Waals surface area contributed by atoms with E-state index in [1.807, 2.05) is 13.0 Å². The predicted octanol–water partition coefficient (Wildman–Crippen LogP) is 5.04. The summed E-state index contributed by atoms with van der Waals surface area (Å²) in [6.07, 6.45) is 3.37. The maximum atomic E-state index is 14.4. The normalized spacial score (nSPS) is 13.3. The molecule has 0 spiro atoms. The fourth-order valence-electron chi connectivity index (χ4n) is 3.95. The molecule has 1 N–H and O–H groups in total. The van der Waals surface area contributed by atoms with Gasteiger partial charge in [0.05, 0.1) is 21.7 Å². The second-order valence-corrected chi connectivity index (χ2v) is 9.22. The summed E-state index contributed by atoms with van der Waals surface area (Å²) in [5, 5.41) is 4.36. The van der Waals surface area contributed by atoms with E-state index in [4.69, 9.17) is 4.42 Å². The van der Waals surface area contributed by atoms with Gasteiger partial charge in [-0.25, -0.2) is 9.37 Å². The summed E-state index contributed by atoms with van der Waals surface area (Å²) >= 11 is 1.31. The van der Waals surface area contributed by atoms with E-state index in [0.717, 1.165) is 18.2 Å². The molecule has 1 fully saturated rings. The summed E-state index contributed by atoms with van der Waals surface area (Å²) in [5.74, 6) is -0.832. The highest BCUT2D eigenvalue weighted by molar-refractivity contribution is 7.15. The number of nitrogens with zero attached hydrogens (tertiary/aromatic N) is 2. The van der Waals surface area contributed by atoms with Crippen molar-refractivity contribution in [2.45, 2.75) is 25.8 Å². The van der Waals surface area contributed by atoms with E-state index >= 15 is 0 Å². The quantitative estimate of drug-likeness (QED) is 0.417. The van der Waals surface area contributed by atoms with Crippen LogP contribution in [0.3, 0.4) is 0 Å². The summed E-state index contributed by atoms with van der Waals surface area (Å²) in [4.78, 5) is 32.9. The number of halogens is 1. The number of benzene rings is 2. The third-order valence-corrected chi connectivity index (χ3v) is 6.69. The molecule has 0 unspecified atom stereocenters. The van der Waals surface area contributed by atoms with Gasteiger partial charge in [-0.05, 0) is 44.0 Å². The number of aryl methyl sites for hydroxylation is 1. The van der Waals surface area contributed by atoms with Crippen LogP contribution in [0, 0.1) is 12.7 Å². The largest absolute Gasteiger partial charge is 0.464 e. The molecule has 2 amide bonds. The Hall–Kier alpha value is -3.52. The van der Waals surface area contributed by atoms with Gasteiger partial charge in [-0.2, -0.15) is 0 Å². The van der Waals surface area contributed by atoms with E-state index in [0.29, 0.717) is 39.7 Å². The number of nitrogens with one attached hydrogen (secondary N) is 1. The third kappa shape index (κ3) is 4.26. The van der Waals surface area contributed by atoms with Crippen LogP contribution in [-0.2, 0) is 0 Å². The number of amides is 2. The van der Waals surface area contributed by atoms with E-state index in [1.165, 1.54) is 17.4 Å². The maximum Gasteiger partial charge on any atom is 0.274 e. The highest BCUT2D eigenvalue weighted by atomic mass is 32.1. The van der Waals surface area contributed by atoms with Crippen molar-refractivity contribution >= 4 is 34.1 Å². The highest BCUT2D eigenvalue weighted by Gasteiger charge is 2.35. The number of hydrogen-bond donors (Lipinski definition) is 1. The topological polar surface area (TPSA) is 75.4 Å². The Morgan fingerprint density at radius 2 is 2.00 bits per heavy atom. The van der Waals surface area contributed by atoms with Crippen LogP contribution in [0.5, 0.6) is 0 Å². The van der Waals surface area contributed by atoms with E-state index in [9.17, 15) is 14.0 Å². The van der Waals surface area contributed by atoms with Gasteiger partial charge in [0, 0.05) is 30.1 Å². The molecule has 0 radical (unpaired) electrons. The van der Waals surface area contributed by atoms with Crippen molar-refractivity contribution in [3.05, 3.63) is 76.9 Å². The van der Waals surface area contributed by atoms with Gasteiger partial charge in [0.25, 0.3) is 11.8 Å². The molecular formula is C25H22FN3O3S. The molecular weight excluding hydrogens is 441 g/mol. The molecule has 6 nitrogen and oxygen atoms in total. The average molecular weight is 464 g/mol. The molecule has 5 rings (SSSR count). The molecule has 33 heavy (non-hydrogen) atoms. The van der Waals surface area contributed by atoms with Crippen LogP contribution in [0.1, 0.15) is 38.7 Å². The van der Waals surface area contributed by atoms with Gasteiger partial charge < -0.3 is 14.6 Å². The molecule has 1 aliphatic carbocycles. The number of carbonyl (C=O) groups is 2. The van der Waals surface area contributed by atoms with Gasteiger partial charge in [-0.1, -0.05) is 24.3 Å².